The molecule has 2 atom stereocenters. The molecule has 3 nitrogen and oxygen atoms in total. The summed E-state index contributed by atoms with van der Waals surface area (Å²) in [5, 5.41) is 3.24. The van der Waals surface area contributed by atoms with Crippen molar-refractivity contribution in [3.63, 3.8) is 0 Å². The Balaban J connectivity index is 2.70. The molecule has 0 saturated carbocycles. The Kier molecular flexibility index (Phi) is 2.96. The van der Waals surface area contributed by atoms with Crippen LogP contribution in [0.5, 0.6) is 0 Å². The average molecular weight is 185 g/mol. The number of carbonyl (C=O) groups excluding carboxylic acids is 1. The molecule has 76 valence electrons. The van der Waals surface area contributed by atoms with Gasteiger partial charge in [-0.05, 0) is 17.9 Å². The molecule has 1 heterocycles. The van der Waals surface area contributed by atoms with Crippen molar-refractivity contribution < 1.29 is 9.53 Å². The Bertz CT molecular complexity index is 196. The van der Waals surface area contributed by atoms with Crippen molar-refractivity contribution in [2.75, 3.05) is 20.2 Å². The topological polar surface area (TPSA) is 38.3 Å². The third-order valence-electron chi connectivity index (χ3n) is 2.83. The number of nitrogens with one attached hydrogen (secondary N) is 1. The van der Waals surface area contributed by atoms with E-state index in [1.54, 1.807) is 0 Å². The molecule has 0 spiro atoms. The van der Waals surface area contributed by atoms with E-state index in [9.17, 15) is 4.79 Å². The molecule has 0 radical (unpaired) electrons. The zero-order valence-corrected chi connectivity index (χ0v) is 8.89. The molecule has 0 amide bonds. The molecule has 0 aliphatic carbocycles. The fourth-order valence-corrected chi connectivity index (χ4v) is 1.99. The maximum absolute atomic E-state index is 11.4. The average Bonchev–Trinajstić information content (AvgIpc) is 2.49. The first kappa shape index (κ1) is 10.5. The van der Waals surface area contributed by atoms with E-state index < -0.39 is 0 Å². The van der Waals surface area contributed by atoms with Gasteiger partial charge in [0.25, 0.3) is 0 Å². The van der Waals surface area contributed by atoms with Crippen LogP contribution in [0, 0.1) is 17.3 Å². The van der Waals surface area contributed by atoms with Crippen LogP contribution in [-0.4, -0.2) is 26.2 Å². The lowest BCUT2D eigenvalue weighted by Gasteiger charge is -2.29. The highest BCUT2D eigenvalue weighted by molar-refractivity contribution is 5.73. The van der Waals surface area contributed by atoms with Gasteiger partial charge in [-0.25, -0.2) is 0 Å². The number of ether oxygens (including phenoxy) is 1. The first-order chi connectivity index (χ1) is 5.96. The van der Waals surface area contributed by atoms with Crippen molar-refractivity contribution in [1.29, 1.82) is 0 Å². The highest BCUT2D eigenvalue weighted by atomic mass is 16.5. The zero-order valence-electron chi connectivity index (χ0n) is 8.89. The van der Waals surface area contributed by atoms with Crippen molar-refractivity contribution in [3.05, 3.63) is 0 Å². The van der Waals surface area contributed by atoms with Gasteiger partial charge < -0.3 is 10.1 Å². The number of carbonyl (C=O) groups is 1. The highest BCUT2D eigenvalue weighted by Gasteiger charge is 2.40. The molecular formula is C10H19NO2. The Morgan fingerprint density at radius 2 is 2.00 bits per heavy atom. The summed E-state index contributed by atoms with van der Waals surface area (Å²) in [6.07, 6.45) is 0. The molecule has 1 saturated heterocycles. The van der Waals surface area contributed by atoms with Crippen LogP contribution >= 0.6 is 0 Å². The summed E-state index contributed by atoms with van der Waals surface area (Å²) in [6.45, 7) is 8.18. The first-order valence-electron chi connectivity index (χ1n) is 4.75. The van der Waals surface area contributed by atoms with Crippen LogP contribution in [0.2, 0.25) is 0 Å². The SMILES string of the molecule is COC(=O)C1CNCC1C(C)(C)C. The molecule has 1 rings (SSSR count). The lowest BCUT2D eigenvalue weighted by Crippen LogP contribution is -2.32. The molecule has 0 aromatic rings. The summed E-state index contributed by atoms with van der Waals surface area (Å²) in [4.78, 5) is 11.4. The van der Waals surface area contributed by atoms with Crippen molar-refractivity contribution in [3.8, 4) is 0 Å². The molecule has 0 bridgehead atoms. The number of rotatable bonds is 1. The van der Waals surface area contributed by atoms with E-state index in [1.807, 2.05) is 0 Å². The van der Waals surface area contributed by atoms with Crippen LogP contribution in [0.1, 0.15) is 20.8 Å². The Morgan fingerprint density at radius 3 is 2.46 bits per heavy atom. The molecular weight excluding hydrogens is 166 g/mol. The molecule has 13 heavy (non-hydrogen) atoms. The minimum Gasteiger partial charge on any atom is -0.469 e. The number of esters is 1. The van der Waals surface area contributed by atoms with Gasteiger partial charge in [0.2, 0.25) is 0 Å². The second-order valence-corrected chi connectivity index (χ2v) is 4.76. The molecule has 2 unspecified atom stereocenters. The normalized spacial score (nSPS) is 28.9. The highest BCUT2D eigenvalue weighted by Crippen LogP contribution is 2.34. The molecule has 3 heteroatoms. The Morgan fingerprint density at radius 1 is 1.38 bits per heavy atom. The number of hydrogen-bond acceptors (Lipinski definition) is 3. The van der Waals surface area contributed by atoms with Gasteiger partial charge in [-0.15, -0.1) is 0 Å². The van der Waals surface area contributed by atoms with Crippen LogP contribution in [0.3, 0.4) is 0 Å². The maximum Gasteiger partial charge on any atom is 0.310 e. The van der Waals surface area contributed by atoms with Crippen molar-refractivity contribution >= 4 is 5.97 Å². The van der Waals surface area contributed by atoms with Gasteiger partial charge in [-0.3, -0.25) is 4.79 Å². The second-order valence-electron chi connectivity index (χ2n) is 4.76. The smallest absolute Gasteiger partial charge is 0.310 e. The summed E-state index contributed by atoms with van der Waals surface area (Å²) >= 11 is 0. The fourth-order valence-electron chi connectivity index (χ4n) is 1.99. The van der Waals surface area contributed by atoms with Crippen LogP contribution in [0.15, 0.2) is 0 Å². The van der Waals surface area contributed by atoms with E-state index in [1.165, 1.54) is 7.11 Å². The fraction of sp³-hybridized carbons (Fsp3) is 0.900. The monoisotopic (exact) mass is 185 g/mol. The van der Waals surface area contributed by atoms with Gasteiger partial charge in [0.1, 0.15) is 0 Å². The maximum atomic E-state index is 11.4. The van der Waals surface area contributed by atoms with E-state index in [4.69, 9.17) is 4.74 Å². The number of methoxy groups -OCH3 is 1. The molecule has 0 aromatic heterocycles. The lowest BCUT2D eigenvalue weighted by molar-refractivity contribution is -0.147. The van der Waals surface area contributed by atoms with Gasteiger partial charge in [-0.1, -0.05) is 20.8 Å². The van der Waals surface area contributed by atoms with Gasteiger partial charge in [-0.2, -0.15) is 0 Å². The van der Waals surface area contributed by atoms with Crippen LogP contribution in [0.4, 0.5) is 0 Å². The van der Waals surface area contributed by atoms with Gasteiger partial charge >= 0.3 is 5.97 Å². The quantitative estimate of drug-likeness (QED) is 0.620. The molecule has 0 aromatic carbocycles. The minimum atomic E-state index is -0.0788. The van der Waals surface area contributed by atoms with E-state index in [-0.39, 0.29) is 17.3 Å². The summed E-state index contributed by atoms with van der Waals surface area (Å²) < 4.78 is 4.78. The van der Waals surface area contributed by atoms with E-state index >= 15 is 0 Å². The second kappa shape index (κ2) is 3.66. The molecule has 1 aliphatic rings. The van der Waals surface area contributed by atoms with Gasteiger partial charge in [0, 0.05) is 6.54 Å². The summed E-state index contributed by atoms with van der Waals surface area (Å²) in [5.74, 6) is 0.342. The van der Waals surface area contributed by atoms with Crippen LogP contribution in [0.25, 0.3) is 0 Å². The molecule has 1 fully saturated rings. The van der Waals surface area contributed by atoms with Crippen molar-refractivity contribution in [1.82, 2.24) is 5.32 Å². The van der Waals surface area contributed by atoms with E-state index in [0.717, 1.165) is 13.1 Å². The van der Waals surface area contributed by atoms with Gasteiger partial charge in [0.15, 0.2) is 0 Å². The third kappa shape index (κ3) is 2.21. The standard InChI is InChI=1S/C10H19NO2/c1-10(2,3)8-6-11-5-7(8)9(12)13-4/h7-8,11H,5-6H2,1-4H3. The minimum absolute atomic E-state index is 0.0324. The summed E-state index contributed by atoms with van der Waals surface area (Å²) in [7, 11) is 1.46. The predicted octanol–water partition coefficient (Wildman–Crippen LogP) is 1.04. The molecule has 1 N–H and O–H groups in total. The largest absolute Gasteiger partial charge is 0.469 e. The Hall–Kier alpha value is -0.570. The van der Waals surface area contributed by atoms with Gasteiger partial charge in [0.05, 0.1) is 13.0 Å². The zero-order chi connectivity index (χ0) is 10.1. The van der Waals surface area contributed by atoms with Crippen LogP contribution in [-0.2, 0) is 9.53 Å². The Labute approximate surface area is 79.8 Å². The van der Waals surface area contributed by atoms with Crippen LogP contribution < -0.4 is 5.32 Å². The summed E-state index contributed by atoms with van der Waals surface area (Å²) in [6, 6.07) is 0. The first-order valence-corrected chi connectivity index (χ1v) is 4.75. The number of hydrogen-bond donors (Lipinski definition) is 1. The van der Waals surface area contributed by atoms with Crippen molar-refractivity contribution in [2.45, 2.75) is 20.8 Å². The third-order valence-corrected chi connectivity index (χ3v) is 2.83. The molecule has 1 aliphatic heterocycles. The van der Waals surface area contributed by atoms with E-state index in [2.05, 4.69) is 26.1 Å². The summed E-state index contributed by atoms with van der Waals surface area (Å²) in [5.41, 5.74) is 0.169. The van der Waals surface area contributed by atoms with Crippen molar-refractivity contribution in [2.24, 2.45) is 17.3 Å². The predicted molar refractivity (Wildman–Crippen MR) is 51.3 cm³/mol. The van der Waals surface area contributed by atoms with E-state index in [0.29, 0.717) is 5.92 Å². The lowest BCUT2D eigenvalue weighted by atomic mass is 9.75.